The van der Waals surface area contributed by atoms with Crippen molar-refractivity contribution in [3.05, 3.63) is 64.8 Å². The first-order valence-electron chi connectivity index (χ1n) is 8.40. The number of carbonyl (C=O) groups excluding carboxylic acids is 1. The largest absolute Gasteiger partial charge is 0.493 e. The third-order valence-electron chi connectivity index (χ3n) is 3.96. The molecule has 134 valence electrons. The average molecular weight is 370 g/mol. The second-order valence-corrected chi connectivity index (χ2v) is 6.38. The minimum Gasteiger partial charge on any atom is -0.493 e. The van der Waals surface area contributed by atoms with Gasteiger partial charge in [-0.1, -0.05) is 29.8 Å². The predicted molar refractivity (Wildman–Crippen MR) is 105 cm³/mol. The molecule has 5 nitrogen and oxygen atoms in total. The van der Waals surface area contributed by atoms with Gasteiger partial charge in [0.25, 0.3) is 0 Å². The standard InChI is InChI=1S/C20H20ClN3O2/c1-14-11-16(21)8-9-19(14)26-10-4-7-20(25)24-23-13-15-12-22-18-6-3-2-5-17(15)18/h2-3,5-6,8-9,11-13,22H,4,7,10H2,1H3,(H,24,25)/b23-13+. The highest BCUT2D eigenvalue weighted by atomic mass is 35.5. The van der Waals surface area contributed by atoms with Crippen LogP contribution in [0.25, 0.3) is 10.9 Å². The van der Waals surface area contributed by atoms with Crippen molar-refractivity contribution >= 4 is 34.6 Å². The van der Waals surface area contributed by atoms with Gasteiger partial charge in [0.15, 0.2) is 0 Å². The molecule has 0 radical (unpaired) electrons. The maximum absolute atomic E-state index is 11.9. The van der Waals surface area contributed by atoms with Crippen LogP contribution in [0.5, 0.6) is 5.75 Å². The summed E-state index contributed by atoms with van der Waals surface area (Å²) in [4.78, 5) is 15.0. The fourth-order valence-corrected chi connectivity index (χ4v) is 2.85. The van der Waals surface area contributed by atoms with E-state index in [1.807, 2.05) is 49.5 Å². The summed E-state index contributed by atoms with van der Waals surface area (Å²) in [5, 5.41) is 5.77. The average Bonchev–Trinajstić information content (AvgIpc) is 3.03. The van der Waals surface area contributed by atoms with Crippen molar-refractivity contribution in [1.82, 2.24) is 10.4 Å². The van der Waals surface area contributed by atoms with E-state index in [1.165, 1.54) is 0 Å². The molecule has 3 aromatic rings. The molecule has 0 spiro atoms. The number of nitrogens with one attached hydrogen (secondary N) is 2. The van der Waals surface area contributed by atoms with E-state index in [-0.39, 0.29) is 5.91 Å². The van der Waals surface area contributed by atoms with Crippen molar-refractivity contribution < 1.29 is 9.53 Å². The Balaban J connectivity index is 1.41. The highest BCUT2D eigenvalue weighted by Crippen LogP contribution is 2.22. The molecule has 1 heterocycles. The van der Waals surface area contributed by atoms with Gasteiger partial charge >= 0.3 is 0 Å². The van der Waals surface area contributed by atoms with E-state index in [9.17, 15) is 4.79 Å². The second-order valence-electron chi connectivity index (χ2n) is 5.94. The molecular formula is C20H20ClN3O2. The lowest BCUT2D eigenvalue weighted by Gasteiger charge is -2.08. The third-order valence-corrected chi connectivity index (χ3v) is 4.19. The Bertz CT molecular complexity index is 934. The Morgan fingerprint density at radius 2 is 2.15 bits per heavy atom. The summed E-state index contributed by atoms with van der Waals surface area (Å²) >= 11 is 5.91. The van der Waals surface area contributed by atoms with E-state index in [4.69, 9.17) is 16.3 Å². The number of hydrogen-bond donors (Lipinski definition) is 2. The molecule has 0 aliphatic carbocycles. The van der Waals surface area contributed by atoms with Gasteiger partial charge in [-0.3, -0.25) is 4.79 Å². The van der Waals surface area contributed by atoms with Gasteiger partial charge in [-0.05, 0) is 43.2 Å². The van der Waals surface area contributed by atoms with Crippen molar-refractivity contribution in [1.29, 1.82) is 0 Å². The molecule has 26 heavy (non-hydrogen) atoms. The lowest BCUT2D eigenvalue weighted by atomic mass is 10.2. The molecule has 6 heteroatoms. The molecule has 0 saturated heterocycles. The van der Waals surface area contributed by atoms with Crippen molar-refractivity contribution in [2.45, 2.75) is 19.8 Å². The number of para-hydroxylation sites is 1. The second kappa shape index (κ2) is 8.54. The van der Waals surface area contributed by atoms with Gasteiger partial charge in [0.2, 0.25) is 5.91 Å². The van der Waals surface area contributed by atoms with Crippen LogP contribution in [0.1, 0.15) is 24.0 Å². The van der Waals surface area contributed by atoms with Gasteiger partial charge in [-0.25, -0.2) is 5.43 Å². The monoisotopic (exact) mass is 369 g/mol. The molecule has 1 amide bonds. The number of aryl methyl sites for hydroxylation is 1. The summed E-state index contributed by atoms with van der Waals surface area (Å²) in [6.07, 6.45) is 4.46. The van der Waals surface area contributed by atoms with E-state index in [0.29, 0.717) is 24.5 Å². The Morgan fingerprint density at radius 3 is 3.00 bits per heavy atom. The minimum absolute atomic E-state index is 0.141. The van der Waals surface area contributed by atoms with Gasteiger partial charge < -0.3 is 9.72 Å². The molecule has 1 aromatic heterocycles. The number of ether oxygens (including phenoxy) is 1. The molecule has 0 aliphatic rings. The summed E-state index contributed by atoms with van der Waals surface area (Å²) in [6, 6.07) is 13.4. The van der Waals surface area contributed by atoms with E-state index >= 15 is 0 Å². The molecule has 2 N–H and O–H groups in total. The summed E-state index contributed by atoms with van der Waals surface area (Å²) in [6.45, 7) is 2.40. The van der Waals surface area contributed by atoms with E-state index in [2.05, 4.69) is 15.5 Å². The number of fused-ring (bicyclic) bond motifs is 1. The number of amides is 1. The number of H-pyrrole nitrogens is 1. The van der Waals surface area contributed by atoms with Crippen LogP contribution in [0.3, 0.4) is 0 Å². The Hall–Kier alpha value is -2.79. The smallest absolute Gasteiger partial charge is 0.240 e. The van der Waals surface area contributed by atoms with Crippen LogP contribution >= 0.6 is 11.6 Å². The Morgan fingerprint density at radius 1 is 1.31 bits per heavy atom. The molecule has 0 bridgehead atoms. The number of nitrogens with zero attached hydrogens (tertiary/aromatic N) is 1. The Labute approximate surface area is 157 Å². The number of halogens is 1. The van der Waals surface area contributed by atoms with Crippen molar-refractivity contribution in [3.8, 4) is 5.75 Å². The topological polar surface area (TPSA) is 66.5 Å². The number of hydrogen-bond acceptors (Lipinski definition) is 3. The van der Waals surface area contributed by atoms with Crippen LogP contribution in [0.15, 0.2) is 53.8 Å². The first kappa shape index (κ1) is 18.0. The molecule has 0 saturated carbocycles. The molecule has 0 fully saturated rings. The SMILES string of the molecule is Cc1cc(Cl)ccc1OCCCC(=O)N/N=C/c1c[nH]c2ccccc12. The van der Waals surface area contributed by atoms with Crippen molar-refractivity contribution in [2.24, 2.45) is 5.10 Å². The highest BCUT2D eigenvalue weighted by molar-refractivity contribution is 6.30. The quantitative estimate of drug-likeness (QED) is 0.367. The van der Waals surface area contributed by atoms with E-state index in [1.54, 1.807) is 12.3 Å². The fourth-order valence-electron chi connectivity index (χ4n) is 2.62. The first-order chi connectivity index (χ1) is 12.6. The zero-order valence-electron chi connectivity index (χ0n) is 14.5. The molecule has 2 aromatic carbocycles. The molecular weight excluding hydrogens is 350 g/mol. The summed E-state index contributed by atoms with van der Waals surface area (Å²) in [7, 11) is 0. The fraction of sp³-hybridized carbons (Fsp3) is 0.200. The molecule has 0 atom stereocenters. The van der Waals surface area contributed by atoms with Crippen LogP contribution < -0.4 is 10.2 Å². The van der Waals surface area contributed by atoms with Gasteiger partial charge in [-0.15, -0.1) is 0 Å². The number of aromatic amines is 1. The summed E-state index contributed by atoms with van der Waals surface area (Å²) < 4.78 is 5.67. The van der Waals surface area contributed by atoms with Gasteiger partial charge in [-0.2, -0.15) is 5.10 Å². The van der Waals surface area contributed by atoms with Crippen LogP contribution in [0, 0.1) is 6.92 Å². The number of hydrazone groups is 1. The van der Waals surface area contributed by atoms with E-state index in [0.717, 1.165) is 27.8 Å². The lowest BCUT2D eigenvalue weighted by molar-refractivity contribution is -0.121. The van der Waals surface area contributed by atoms with Crippen LogP contribution in [0.2, 0.25) is 5.02 Å². The first-order valence-corrected chi connectivity index (χ1v) is 8.78. The molecule has 3 rings (SSSR count). The van der Waals surface area contributed by atoms with Crippen LogP contribution in [-0.4, -0.2) is 23.7 Å². The number of benzene rings is 2. The zero-order chi connectivity index (χ0) is 18.4. The zero-order valence-corrected chi connectivity index (χ0v) is 15.2. The van der Waals surface area contributed by atoms with Crippen LogP contribution in [0.4, 0.5) is 0 Å². The molecule has 0 aliphatic heterocycles. The van der Waals surface area contributed by atoms with Crippen LogP contribution in [-0.2, 0) is 4.79 Å². The van der Waals surface area contributed by atoms with Crippen molar-refractivity contribution in [3.63, 3.8) is 0 Å². The van der Waals surface area contributed by atoms with Crippen molar-refractivity contribution in [2.75, 3.05) is 6.61 Å². The number of rotatable bonds is 7. The number of carbonyl (C=O) groups is 1. The summed E-state index contributed by atoms with van der Waals surface area (Å²) in [5.74, 6) is 0.643. The lowest BCUT2D eigenvalue weighted by Crippen LogP contribution is -2.18. The molecule has 0 unspecified atom stereocenters. The normalized spacial score (nSPS) is 11.2. The predicted octanol–water partition coefficient (Wildman–Crippen LogP) is 4.44. The third kappa shape index (κ3) is 4.64. The Kier molecular flexibility index (Phi) is 5.92. The maximum Gasteiger partial charge on any atom is 0.240 e. The van der Waals surface area contributed by atoms with Gasteiger partial charge in [0, 0.05) is 34.1 Å². The van der Waals surface area contributed by atoms with E-state index < -0.39 is 0 Å². The van der Waals surface area contributed by atoms with Gasteiger partial charge in [0.1, 0.15) is 5.75 Å². The maximum atomic E-state index is 11.9. The summed E-state index contributed by atoms with van der Waals surface area (Å²) in [5.41, 5.74) is 5.49. The number of aromatic nitrogens is 1. The minimum atomic E-state index is -0.141. The van der Waals surface area contributed by atoms with Gasteiger partial charge in [0.05, 0.1) is 12.8 Å². The highest BCUT2D eigenvalue weighted by Gasteiger charge is 2.03.